The van der Waals surface area contributed by atoms with Crippen LogP contribution in [0.25, 0.3) is 0 Å². The number of hydrogen-bond donors (Lipinski definition) is 3. The molecule has 0 aliphatic rings. The Morgan fingerprint density at radius 3 is 2.44 bits per heavy atom. The van der Waals surface area contributed by atoms with Crippen molar-refractivity contribution in [2.45, 2.75) is 31.9 Å². The van der Waals surface area contributed by atoms with E-state index >= 15 is 0 Å². The van der Waals surface area contributed by atoms with Crippen molar-refractivity contribution >= 4 is 15.7 Å². The number of benzene rings is 1. The third-order valence-electron chi connectivity index (χ3n) is 2.26. The SMILES string of the molecule is Cc1cc(N)cc(S(=O)(=O)NC(C)O)c1C. The van der Waals surface area contributed by atoms with Gasteiger partial charge < -0.3 is 10.8 Å². The van der Waals surface area contributed by atoms with Crippen LogP contribution in [0.1, 0.15) is 18.1 Å². The largest absolute Gasteiger partial charge is 0.399 e. The predicted molar refractivity (Wildman–Crippen MR) is 62.3 cm³/mol. The van der Waals surface area contributed by atoms with Crippen LogP contribution in [-0.4, -0.2) is 19.8 Å². The van der Waals surface area contributed by atoms with Gasteiger partial charge in [-0.15, -0.1) is 0 Å². The maximum absolute atomic E-state index is 11.8. The van der Waals surface area contributed by atoms with E-state index in [4.69, 9.17) is 10.8 Å². The molecule has 1 unspecified atom stereocenters. The van der Waals surface area contributed by atoms with Gasteiger partial charge in [-0.25, -0.2) is 8.42 Å². The quantitative estimate of drug-likeness (QED) is 0.533. The Labute approximate surface area is 95.3 Å². The normalized spacial score (nSPS) is 13.8. The number of anilines is 1. The van der Waals surface area contributed by atoms with Gasteiger partial charge in [0.05, 0.1) is 4.90 Å². The standard InChI is InChI=1S/C10H16N2O3S/c1-6-4-9(11)5-10(7(6)2)16(14,15)12-8(3)13/h4-5,8,12-13H,11H2,1-3H3. The topological polar surface area (TPSA) is 92.4 Å². The van der Waals surface area contributed by atoms with Crippen LogP contribution in [-0.2, 0) is 10.0 Å². The zero-order valence-corrected chi connectivity index (χ0v) is 10.3. The maximum atomic E-state index is 11.8. The average molecular weight is 244 g/mol. The van der Waals surface area contributed by atoms with E-state index < -0.39 is 16.3 Å². The van der Waals surface area contributed by atoms with Gasteiger partial charge in [0.2, 0.25) is 10.0 Å². The minimum Gasteiger partial charge on any atom is -0.399 e. The summed E-state index contributed by atoms with van der Waals surface area (Å²) >= 11 is 0. The van der Waals surface area contributed by atoms with Crippen molar-refractivity contribution in [2.24, 2.45) is 0 Å². The zero-order chi connectivity index (χ0) is 12.5. The fraction of sp³-hybridized carbons (Fsp3) is 0.400. The molecule has 16 heavy (non-hydrogen) atoms. The van der Waals surface area contributed by atoms with Crippen molar-refractivity contribution in [1.29, 1.82) is 0 Å². The fourth-order valence-electron chi connectivity index (χ4n) is 1.42. The monoisotopic (exact) mass is 244 g/mol. The molecule has 1 atom stereocenters. The molecule has 0 bridgehead atoms. The van der Waals surface area contributed by atoms with E-state index in [0.717, 1.165) is 5.56 Å². The molecule has 0 saturated carbocycles. The highest BCUT2D eigenvalue weighted by Gasteiger charge is 2.19. The Morgan fingerprint density at radius 1 is 1.38 bits per heavy atom. The molecule has 0 saturated heterocycles. The highest BCUT2D eigenvalue weighted by Crippen LogP contribution is 2.22. The Bertz CT molecular complexity index is 495. The van der Waals surface area contributed by atoms with Crippen LogP contribution in [0.5, 0.6) is 0 Å². The Hall–Kier alpha value is -1.11. The van der Waals surface area contributed by atoms with E-state index in [1.807, 2.05) is 0 Å². The van der Waals surface area contributed by atoms with Crippen LogP contribution in [0, 0.1) is 13.8 Å². The van der Waals surface area contributed by atoms with Gasteiger partial charge in [0.25, 0.3) is 0 Å². The smallest absolute Gasteiger partial charge is 0.243 e. The molecule has 0 heterocycles. The molecule has 5 nitrogen and oxygen atoms in total. The van der Waals surface area contributed by atoms with Crippen molar-refractivity contribution in [3.05, 3.63) is 23.3 Å². The molecule has 0 spiro atoms. The summed E-state index contributed by atoms with van der Waals surface area (Å²) in [6.45, 7) is 4.82. The molecule has 0 aliphatic heterocycles. The van der Waals surface area contributed by atoms with Gasteiger partial charge in [-0.1, -0.05) is 0 Å². The Morgan fingerprint density at radius 2 is 1.94 bits per heavy atom. The molecule has 1 rings (SSSR count). The number of aliphatic hydroxyl groups is 1. The summed E-state index contributed by atoms with van der Waals surface area (Å²) in [5.74, 6) is 0. The van der Waals surface area contributed by atoms with E-state index in [2.05, 4.69) is 4.72 Å². The highest BCUT2D eigenvalue weighted by atomic mass is 32.2. The van der Waals surface area contributed by atoms with Gasteiger partial charge in [0, 0.05) is 5.69 Å². The van der Waals surface area contributed by atoms with Crippen LogP contribution in [0.4, 0.5) is 5.69 Å². The molecule has 1 aromatic rings. The summed E-state index contributed by atoms with van der Waals surface area (Å²) in [6, 6.07) is 3.09. The number of rotatable bonds is 3. The lowest BCUT2D eigenvalue weighted by atomic mass is 10.1. The fourth-order valence-corrected chi connectivity index (χ4v) is 2.85. The van der Waals surface area contributed by atoms with E-state index in [9.17, 15) is 8.42 Å². The molecular formula is C10H16N2O3S. The van der Waals surface area contributed by atoms with Crippen LogP contribution in [0.2, 0.25) is 0 Å². The van der Waals surface area contributed by atoms with Crippen LogP contribution in [0.15, 0.2) is 17.0 Å². The summed E-state index contributed by atoms with van der Waals surface area (Å²) in [5, 5.41) is 9.06. The second-order valence-corrected chi connectivity index (χ2v) is 5.44. The van der Waals surface area contributed by atoms with Crippen LogP contribution < -0.4 is 10.5 Å². The minimum absolute atomic E-state index is 0.103. The van der Waals surface area contributed by atoms with Crippen molar-refractivity contribution in [2.75, 3.05) is 5.73 Å². The number of sulfonamides is 1. The molecule has 4 N–H and O–H groups in total. The Balaban J connectivity index is 3.33. The first kappa shape index (κ1) is 13.0. The first-order chi connectivity index (χ1) is 7.24. The van der Waals surface area contributed by atoms with Crippen LogP contribution >= 0.6 is 0 Å². The number of nitrogens with one attached hydrogen (secondary N) is 1. The number of aryl methyl sites for hydroxylation is 1. The first-order valence-corrected chi connectivity index (χ1v) is 6.29. The molecule has 1 aromatic carbocycles. The number of nitrogens with two attached hydrogens (primary N) is 1. The molecule has 0 aromatic heterocycles. The van der Waals surface area contributed by atoms with Crippen molar-refractivity contribution in [3.8, 4) is 0 Å². The number of hydrogen-bond acceptors (Lipinski definition) is 4. The van der Waals surface area contributed by atoms with Crippen molar-refractivity contribution < 1.29 is 13.5 Å². The lowest BCUT2D eigenvalue weighted by molar-refractivity contribution is 0.184. The van der Waals surface area contributed by atoms with E-state index in [0.29, 0.717) is 11.3 Å². The highest BCUT2D eigenvalue weighted by molar-refractivity contribution is 7.89. The zero-order valence-electron chi connectivity index (χ0n) is 9.48. The molecule has 0 amide bonds. The number of aliphatic hydroxyl groups excluding tert-OH is 1. The predicted octanol–water partition coefficient (Wildman–Crippen LogP) is 0.502. The molecule has 0 radical (unpaired) electrons. The van der Waals surface area contributed by atoms with Gasteiger partial charge in [-0.2, -0.15) is 4.72 Å². The van der Waals surface area contributed by atoms with Crippen molar-refractivity contribution in [1.82, 2.24) is 4.72 Å². The molecule has 6 heteroatoms. The van der Waals surface area contributed by atoms with Gasteiger partial charge >= 0.3 is 0 Å². The summed E-state index contributed by atoms with van der Waals surface area (Å²) in [5.41, 5.74) is 7.41. The van der Waals surface area contributed by atoms with Crippen molar-refractivity contribution in [3.63, 3.8) is 0 Å². The summed E-state index contributed by atoms with van der Waals surface area (Å²) in [7, 11) is -3.72. The minimum atomic E-state index is -3.72. The third-order valence-corrected chi connectivity index (χ3v) is 3.91. The molecule has 0 fully saturated rings. The number of nitrogen functional groups attached to an aromatic ring is 1. The molecule has 90 valence electrons. The second kappa shape index (κ2) is 4.40. The first-order valence-electron chi connectivity index (χ1n) is 4.81. The van der Waals surface area contributed by atoms with Crippen LogP contribution in [0.3, 0.4) is 0 Å². The summed E-state index contributed by atoms with van der Waals surface area (Å²) in [6.07, 6.45) is -1.13. The second-order valence-electron chi connectivity index (χ2n) is 3.76. The van der Waals surface area contributed by atoms with Gasteiger partial charge in [0.15, 0.2) is 0 Å². The Kier molecular flexibility index (Phi) is 3.57. The molecular weight excluding hydrogens is 228 g/mol. The summed E-state index contributed by atoms with van der Waals surface area (Å²) < 4.78 is 25.8. The van der Waals surface area contributed by atoms with Gasteiger partial charge in [-0.3, -0.25) is 0 Å². The van der Waals surface area contributed by atoms with E-state index in [1.165, 1.54) is 13.0 Å². The van der Waals surface area contributed by atoms with E-state index in [-0.39, 0.29) is 4.90 Å². The van der Waals surface area contributed by atoms with Gasteiger partial charge in [-0.05, 0) is 44.0 Å². The lowest BCUT2D eigenvalue weighted by Crippen LogP contribution is -2.32. The molecule has 0 aliphatic carbocycles. The summed E-state index contributed by atoms with van der Waals surface area (Å²) in [4.78, 5) is 0.103. The third kappa shape index (κ3) is 2.72. The van der Waals surface area contributed by atoms with Gasteiger partial charge in [0.1, 0.15) is 6.23 Å². The van der Waals surface area contributed by atoms with E-state index in [1.54, 1.807) is 19.9 Å². The maximum Gasteiger partial charge on any atom is 0.243 e. The lowest BCUT2D eigenvalue weighted by Gasteiger charge is -2.13. The average Bonchev–Trinajstić information content (AvgIpc) is 2.08.